The molecule has 25 heavy (non-hydrogen) atoms. The molecule has 0 saturated heterocycles. The highest BCUT2D eigenvalue weighted by molar-refractivity contribution is 5.98. The lowest BCUT2D eigenvalue weighted by molar-refractivity contribution is 0.0936. The second-order valence-electron chi connectivity index (χ2n) is 5.87. The van der Waals surface area contributed by atoms with Gasteiger partial charge in [-0.15, -0.1) is 0 Å². The van der Waals surface area contributed by atoms with Crippen LogP contribution in [0.1, 0.15) is 35.1 Å². The van der Waals surface area contributed by atoms with Gasteiger partial charge in [0.2, 0.25) is 0 Å². The average Bonchev–Trinajstić information content (AvgIpc) is 2.76. The van der Waals surface area contributed by atoms with E-state index in [0.29, 0.717) is 34.4 Å². The number of rotatable bonds is 2. The van der Waals surface area contributed by atoms with Gasteiger partial charge in [-0.05, 0) is 30.7 Å². The van der Waals surface area contributed by atoms with Crippen molar-refractivity contribution in [2.24, 2.45) is 0 Å². The number of benzene rings is 2. The Morgan fingerprint density at radius 3 is 2.72 bits per heavy atom. The predicted octanol–water partition coefficient (Wildman–Crippen LogP) is 2.47. The van der Waals surface area contributed by atoms with Crippen LogP contribution in [0.2, 0.25) is 0 Å². The number of hydrogen-bond donors (Lipinski definition) is 1. The first-order chi connectivity index (χ1) is 12.2. The summed E-state index contributed by atoms with van der Waals surface area (Å²) in [5.41, 5.74) is 1.29. The third-order valence-electron chi connectivity index (χ3n) is 4.35. The molecule has 0 aliphatic carbocycles. The van der Waals surface area contributed by atoms with Gasteiger partial charge in [0.15, 0.2) is 0 Å². The summed E-state index contributed by atoms with van der Waals surface area (Å²) in [6.45, 7) is 0. The van der Waals surface area contributed by atoms with E-state index in [2.05, 4.69) is 16.4 Å². The summed E-state index contributed by atoms with van der Waals surface area (Å²) in [6.07, 6.45) is 0.644. The highest BCUT2D eigenvalue weighted by atomic mass is 16.2. The number of amides is 1. The van der Waals surface area contributed by atoms with E-state index in [4.69, 9.17) is 5.26 Å². The van der Waals surface area contributed by atoms with E-state index in [-0.39, 0.29) is 17.9 Å². The Hall–Kier alpha value is -3.46. The summed E-state index contributed by atoms with van der Waals surface area (Å²) >= 11 is 0. The monoisotopic (exact) mass is 330 g/mol. The molecule has 0 bridgehead atoms. The molecule has 1 amide bonds. The van der Waals surface area contributed by atoms with Crippen LogP contribution in [0.5, 0.6) is 0 Å². The number of nitrogens with one attached hydrogen (secondary N) is 1. The van der Waals surface area contributed by atoms with Crippen molar-refractivity contribution in [3.05, 3.63) is 70.3 Å². The zero-order valence-corrected chi connectivity index (χ0v) is 13.3. The molecule has 4 rings (SSSR count). The molecule has 122 valence electrons. The second kappa shape index (κ2) is 5.87. The molecular weight excluding hydrogens is 316 g/mol. The molecule has 1 N–H and O–H groups in total. The SMILES string of the molecule is N#CCC[C@@H]1NC(=O)c2ccccc2-n2c1nc1ccccc1c2=O. The molecule has 1 aromatic heterocycles. The van der Waals surface area contributed by atoms with Crippen LogP contribution < -0.4 is 10.9 Å². The standard InChI is InChI=1S/C19H14N4O2/c20-11-5-9-15-17-21-14-8-3-1-6-12(14)19(25)23(17)16-10-4-2-7-13(16)18(24)22-15/h1-4,6-8,10,15H,5,9H2,(H,22,24)/t15-/m0/s1. The van der Waals surface area contributed by atoms with Crippen LogP contribution in [0.4, 0.5) is 0 Å². The topological polar surface area (TPSA) is 87.8 Å². The fourth-order valence-electron chi connectivity index (χ4n) is 3.19. The summed E-state index contributed by atoms with van der Waals surface area (Å²) in [5, 5.41) is 12.3. The van der Waals surface area contributed by atoms with Gasteiger partial charge in [0.1, 0.15) is 5.82 Å². The van der Waals surface area contributed by atoms with E-state index in [1.807, 2.05) is 6.07 Å². The van der Waals surface area contributed by atoms with Crippen LogP contribution >= 0.6 is 0 Å². The van der Waals surface area contributed by atoms with Gasteiger partial charge in [0.25, 0.3) is 11.5 Å². The maximum Gasteiger partial charge on any atom is 0.266 e. The van der Waals surface area contributed by atoms with E-state index < -0.39 is 6.04 Å². The number of nitrogens with zero attached hydrogens (tertiary/aromatic N) is 3. The molecule has 0 fully saturated rings. The zero-order valence-electron chi connectivity index (χ0n) is 13.3. The lowest BCUT2D eigenvalue weighted by atomic mass is 10.1. The van der Waals surface area contributed by atoms with Crippen LogP contribution in [-0.2, 0) is 0 Å². The van der Waals surface area contributed by atoms with Crippen LogP contribution in [0.3, 0.4) is 0 Å². The Morgan fingerprint density at radius 2 is 1.88 bits per heavy atom. The van der Waals surface area contributed by atoms with Crippen molar-refractivity contribution in [3.63, 3.8) is 0 Å². The van der Waals surface area contributed by atoms with Gasteiger partial charge >= 0.3 is 0 Å². The molecule has 0 saturated carbocycles. The summed E-state index contributed by atoms with van der Waals surface area (Å²) in [7, 11) is 0. The highest BCUT2D eigenvalue weighted by Gasteiger charge is 2.28. The molecule has 2 heterocycles. The normalized spacial score (nSPS) is 15.6. The van der Waals surface area contributed by atoms with E-state index in [9.17, 15) is 9.59 Å². The Balaban J connectivity index is 2.09. The molecule has 1 aliphatic heterocycles. The number of aromatic nitrogens is 2. The predicted molar refractivity (Wildman–Crippen MR) is 92.4 cm³/mol. The van der Waals surface area contributed by atoms with Gasteiger partial charge in [0.05, 0.1) is 34.3 Å². The van der Waals surface area contributed by atoms with Crippen molar-refractivity contribution in [3.8, 4) is 11.8 Å². The van der Waals surface area contributed by atoms with E-state index in [1.165, 1.54) is 4.57 Å². The minimum Gasteiger partial charge on any atom is -0.342 e. The first kappa shape index (κ1) is 15.1. The minimum atomic E-state index is -0.503. The minimum absolute atomic E-state index is 0.216. The number of fused-ring (bicyclic) bond motifs is 4. The first-order valence-corrected chi connectivity index (χ1v) is 7.99. The van der Waals surface area contributed by atoms with Crippen molar-refractivity contribution >= 4 is 16.8 Å². The smallest absolute Gasteiger partial charge is 0.266 e. The zero-order chi connectivity index (χ0) is 17.4. The molecule has 6 heteroatoms. The lowest BCUT2D eigenvalue weighted by Gasteiger charge is -2.18. The molecule has 2 aromatic carbocycles. The number of para-hydroxylation sites is 2. The molecule has 3 aromatic rings. The molecule has 0 spiro atoms. The largest absolute Gasteiger partial charge is 0.342 e. The van der Waals surface area contributed by atoms with Gasteiger partial charge in [-0.1, -0.05) is 24.3 Å². The molecule has 1 atom stereocenters. The lowest BCUT2D eigenvalue weighted by Crippen LogP contribution is -2.30. The quantitative estimate of drug-likeness (QED) is 0.782. The summed E-state index contributed by atoms with van der Waals surface area (Å²) < 4.78 is 1.50. The fourth-order valence-corrected chi connectivity index (χ4v) is 3.19. The van der Waals surface area contributed by atoms with Crippen LogP contribution in [0.15, 0.2) is 53.3 Å². The molecule has 0 unspecified atom stereocenters. The van der Waals surface area contributed by atoms with E-state index in [1.54, 1.807) is 42.5 Å². The van der Waals surface area contributed by atoms with Gasteiger partial charge in [-0.2, -0.15) is 5.26 Å². The maximum absolute atomic E-state index is 13.1. The number of carbonyl (C=O) groups is 1. The number of carbonyl (C=O) groups excluding carboxylic acids is 1. The van der Waals surface area contributed by atoms with Gasteiger partial charge in [-0.25, -0.2) is 4.98 Å². The Kier molecular flexibility index (Phi) is 3.55. The highest BCUT2D eigenvalue weighted by Crippen LogP contribution is 2.26. The number of nitriles is 1. The third-order valence-corrected chi connectivity index (χ3v) is 4.35. The summed E-state index contributed by atoms with van der Waals surface area (Å²) in [5.74, 6) is 0.185. The molecule has 1 aliphatic rings. The Morgan fingerprint density at radius 1 is 1.12 bits per heavy atom. The first-order valence-electron chi connectivity index (χ1n) is 7.99. The van der Waals surface area contributed by atoms with Crippen molar-refractivity contribution < 1.29 is 4.79 Å². The summed E-state index contributed by atoms with van der Waals surface area (Å²) in [6, 6.07) is 15.7. The van der Waals surface area contributed by atoms with Crippen molar-refractivity contribution in [1.82, 2.24) is 14.9 Å². The average molecular weight is 330 g/mol. The molecular formula is C19H14N4O2. The molecule has 6 nitrogen and oxygen atoms in total. The van der Waals surface area contributed by atoms with Gasteiger partial charge in [0, 0.05) is 6.42 Å². The number of hydrogen-bond acceptors (Lipinski definition) is 4. The van der Waals surface area contributed by atoms with Crippen LogP contribution in [0.25, 0.3) is 16.6 Å². The Bertz CT molecular complexity index is 1090. The van der Waals surface area contributed by atoms with Gasteiger partial charge < -0.3 is 5.32 Å². The van der Waals surface area contributed by atoms with Crippen molar-refractivity contribution in [1.29, 1.82) is 5.26 Å². The van der Waals surface area contributed by atoms with Gasteiger partial charge in [-0.3, -0.25) is 14.2 Å². The summed E-state index contributed by atoms with van der Waals surface area (Å²) in [4.78, 5) is 30.4. The second-order valence-corrected chi connectivity index (χ2v) is 5.87. The third kappa shape index (κ3) is 2.37. The Labute approximate surface area is 143 Å². The van der Waals surface area contributed by atoms with Crippen LogP contribution in [0, 0.1) is 11.3 Å². The van der Waals surface area contributed by atoms with E-state index in [0.717, 1.165) is 0 Å². The maximum atomic E-state index is 13.1. The fraction of sp³-hybridized carbons (Fsp3) is 0.158. The van der Waals surface area contributed by atoms with E-state index >= 15 is 0 Å². The van der Waals surface area contributed by atoms with Crippen LogP contribution in [-0.4, -0.2) is 15.5 Å². The van der Waals surface area contributed by atoms with Crippen molar-refractivity contribution in [2.45, 2.75) is 18.9 Å². The van der Waals surface area contributed by atoms with Crippen molar-refractivity contribution in [2.75, 3.05) is 0 Å². The molecule has 0 radical (unpaired) electrons.